The maximum atomic E-state index is 12.6. The summed E-state index contributed by atoms with van der Waals surface area (Å²) in [4.78, 5) is 19.4. The van der Waals surface area contributed by atoms with Crippen molar-refractivity contribution in [3.8, 4) is 0 Å². The third kappa shape index (κ3) is 4.75. The Labute approximate surface area is 175 Å². The second-order valence-electron chi connectivity index (χ2n) is 7.04. The first kappa shape index (κ1) is 19.4. The molecule has 0 aliphatic carbocycles. The van der Waals surface area contributed by atoms with Crippen molar-refractivity contribution in [2.45, 2.75) is 12.6 Å². The molecule has 1 aliphatic heterocycles. The van der Waals surface area contributed by atoms with Gasteiger partial charge < -0.3 is 15.5 Å². The number of carbonyl (C=O) groups is 1. The molecule has 1 atom stereocenters. The minimum absolute atomic E-state index is 0.136. The van der Waals surface area contributed by atoms with Crippen molar-refractivity contribution in [2.75, 3.05) is 24.5 Å². The van der Waals surface area contributed by atoms with Crippen LogP contribution in [0.2, 0.25) is 5.02 Å². The van der Waals surface area contributed by atoms with Crippen LogP contribution in [0.15, 0.2) is 72.9 Å². The Morgan fingerprint density at radius 3 is 2.76 bits per heavy atom. The maximum absolute atomic E-state index is 12.6. The average molecular weight is 407 g/mol. The molecule has 4 rings (SSSR count). The van der Waals surface area contributed by atoms with Crippen LogP contribution in [0.1, 0.15) is 27.5 Å². The topological polar surface area (TPSA) is 57.3 Å². The van der Waals surface area contributed by atoms with Crippen molar-refractivity contribution in [1.29, 1.82) is 0 Å². The van der Waals surface area contributed by atoms with Gasteiger partial charge in [0.1, 0.15) is 5.82 Å². The molecule has 29 heavy (non-hydrogen) atoms. The third-order valence-corrected chi connectivity index (χ3v) is 5.48. The summed E-state index contributed by atoms with van der Waals surface area (Å²) < 4.78 is 0. The zero-order chi connectivity index (χ0) is 20.1. The number of rotatable bonds is 5. The molecular formula is C23H23ClN4O. The van der Waals surface area contributed by atoms with E-state index in [1.807, 2.05) is 36.4 Å². The lowest BCUT2D eigenvalue weighted by atomic mass is 10.0. The van der Waals surface area contributed by atoms with Crippen molar-refractivity contribution >= 4 is 23.3 Å². The van der Waals surface area contributed by atoms with E-state index in [4.69, 9.17) is 11.6 Å². The van der Waals surface area contributed by atoms with E-state index in [0.29, 0.717) is 17.1 Å². The molecule has 1 amide bonds. The van der Waals surface area contributed by atoms with Crippen molar-refractivity contribution < 1.29 is 4.79 Å². The van der Waals surface area contributed by atoms with E-state index < -0.39 is 0 Å². The number of hydrogen-bond donors (Lipinski definition) is 2. The van der Waals surface area contributed by atoms with E-state index in [1.165, 1.54) is 5.56 Å². The van der Waals surface area contributed by atoms with Crippen molar-refractivity contribution in [3.05, 3.63) is 94.6 Å². The highest BCUT2D eigenvalue weighted by Crippen LogP contribution is 2.22. The summed E-state index contributed by atoms with van der Waals surface area (Å²) in [5.74, 6) is 0.682. The molecule has 6 heteroatoms. The number of carbonyl (C=O) groups excluding carboxylic acids is 1. The predicted molar refractivity (Wildman–Crippen MR) is 116 cm³/mol. The van der Waals surface area contributed by atoms with Gasteiger partial charge in [0, 0.05) is 49.0 Å². The Morgan fingerprint density at radius 2 is 1.93 bits per heavy atom. The fourth-order valence-electron chi connectivity index (χ4n) is 3.52. The van der Waals surface area contributed by atoms with Crippen LogP contribution in [0.4, 0.5) is 5.82 Å². The summed E-state index contributed by atoms with van der Waals surface area (Å²) in [5.41, 5.74) is 2.74. The van der Waals surface area contributed by atoms with Gasteiger partial charge in [0.15, 0.2) is 0 Å². The molecule has 0 radical (unpaired) electrons. The van der Waals surface area contributed by atoms with E-state index in [1.54, 1.807) is 12.3 Å². The minimum Gasteiger partial charge on any atom is -0.353 e. The molecule has 5 nitrogen and oxygen atoms in total. The second kappa shape index (κ2) is 9.07. The van der Waals surface area contributed by atoms with E-state index in [-0.39, 0.29) is 11.9 Å². The number of hydrogen-bond acceptors (Lipinski definition) is 4. The minimum atomic E-state index is -0.136. The van der Waals surface area contributed by atoms with Gasteiger partial charge in [-0.1, -0.05) is 60.1 Å². The molecule has 1 fully saturated rings. The van der Waals surface area contributed by atoms with Gasteiger partial charge in [-0.05, 0) is 29.3 Å². The standard InChI is InChI=1S/C23H23ClN4O/c24-20-9-5-4-8-19(20)15-27-23(29)18-10-11-26-22(14-18)28-13-12-25-21(16-28)17-6-2-1-3-7-17/h1-11,14,21,25H,12-13,15-16H2,(H,27,29). The molecule has 1 aromatic heterocycles. The first-order chi connectivity index (χ1) is 14.2. The second-order valence-corrected chi connectivity index (χ2v) is 7.45. The monoisotopic (exact) mass is 406 g/mol. The molecule has 3 aromatic rings. The molecule has 1 saturated heterocycles. The normalized spacial score (nSPS) is 16.4. The van der Waals surface area contributed by atoms with Gasteiger partial charge in [-0.25, -0.2) is 4.98 Å². The Hall–Kier alpha value is -2.89. The molecule has 0 bridgehead atoms. The molecule has 1 unspecified atom stereocenters. The number of nitrogens with zero attached hydrogens (tertiary/aromatic N) is 2. The number of benzene rings is 2. The Balaban J connectivity index is 1.44. The average Bonchev–Trinajstić information content (AvgIpc) is 2.79. The molecule has 0 spiro atoms. The number of halogens is 1. The highest BCUT2D eigenvalue weighted by atomic mass is 35.5. The van der Waals surface area contributed by atoms with Crippen LogP contribution in [-0.2, 0) is 6.54 Å². The van der Waals surface area contributed by atoms with E-state index in [0.717, 1.165) is 31.0 Å². The highest BCUT2D eigenvalue weighted by Gasteiger charge is 2.22. The first-order valence-corrected chi connectivity index (χ1v) is 10.1. The van der Waals surface area contributed by atoms with Gasteiger partial charge in [0.2, 0.25) is 0 Å². The molecule has 1 aliphatic rings. The van der Waals surface area contributed by atoms with Crippen LogP contribution < -0.4 is 15.5 Å². The number of anilines is 1. The fourth-order valence-corrected chi connectivity index (χ4v) is 3.72. The third-order valence-electron chi connectivity index (χ3n) is 5.11. The smallest absolute Gasteiger partial charge is 0.251 e. The summed E-state index contributed by atoms with van der Waals surface area (Å²) >= 11 is 6.17. The fraction of sp³-hybridized carbons (Fsp3) is 0.217. The van der Waals surface area contributed by atoms with E-state index >= 15 is 0 Å². The molecule has 2 heterocycles. The predicted octanol–water partition coefficient (Wildman–Crippen LogP) is 3.82. The van der Waals surface area contributed by atoms with Gasteiger partial charge >= 0.3 is 0 Å². The SMILES string of the molecule is O=C(NCc1ccccc1Cl)c1ccnc(N2CCNC(c3ccccc3)C2)c1. The summed E-state index contributed by atoms with van der Waals surface area (Å²) in [7, 11) is 0. The lowest BCUT2D eigenvalue weighted by Gasteiger charge is -2.34. The van der Waals surface area contributed by atoms with Crippen LogP contribution >= 0.6 is 11.6 Å². The lowest BCUT2D eigenvalue weighted by molar-refractivity contribution is 0.0951. The summed E-state index contributed by atoms with van der Waals surface area (Å²) in [6, 6.07) is 21.7. The number of aromatic nitrogens is 1. The van der Waals surface area contributed by atoms with Crippen LogP contribution in [0, 0.1) is 0 Å². The molecule has 2 N–H and O–H groups in total. The number of nitrogens with one attached hydrogen (secondary N) is 2. The van der Waals surface area contributed by atoms with Crippen LogP contribution in [-0.4, -0.2) is 30.5 Å². The van der Waals surface area contributed by atoms with Crippen LogP contribution in [0.3, 0.4) is 0 Å². The Bertz CT molecular complexity index is 979. The van der Waals surface area contributed by atoms with Gasteiger partial charge in [-0.3, -0.25) is 4.79 Å². The quantitative estimate of drug-likeness (QED) is 0.676. The van der Waals surface area contributed by atoms with Gasteiger partial charge in [-0.15, -0.1) is 0 Å². The summed E-state index contributed by atoms with van der Waals surface area (Å²) in [6.07, 6.45) is 1.69. The van der Waals surface area contributed by atoms with E-state index in [9.17, 15) is 4.79 Å². The molecule has 148 valence electrons. The zero-order valence-corrected chi connectivity index (χ0v) is 16.8. The zero-order valence-electron chi connectivity index (χ0n) is 16.0. The highest BCUT2D eigenvalue weighted by molar-refractivity contribution is 6.31. The van der Waals surface area contributed by atoms with Crippen molar-refractivity contribution in [1.82, 2.24) is 15.6 Å². The molecular weight excluding hydrogens is 384 g/mol. The number of pyridine rings is 1. The molecule has 0 saturated carbocycles. The Kier molecular flexibility index (Phi) is 6.08. The van der Waals surface area contributed by atoms with E-state index in [2.05, 4.69) is 44.8 Å². The van der Waals surface area contributed by atoms with Gasteiger partial charge in [-0.2, -0.15) is 0 Å². The first-order valence-electron chi connectivity index (χ1n) is 9.71. The summed E-state index contributed by atoms with van der Waals surface area (Å²) in [6.45, 7) is 2.91. The van der Waals surface area contributed by atoms with Crippen LogP contribution in [0.25, 0.3) is 0 Å². The summed E-state index contributed by atoms with van der Waals surface area (Å²) in [5, 5.41) is 7.14. The number of amides is 1. The van der Waals surface area contributed by atoms with Crippen molar-refractivity contribution in [2.24, 2.45) is 0 Å². The molecule has 2 aromatic carbocycles. The van der Waals surface area contributed by atoms with Crippen LogP contribution in [0.5, 0.6) is 0 Å². The van der Waals surface area contributed by atoms with Crippen molar-refractivity contribution in [3.63, 3.8) is 0 Å². The number of piperazine rings is 1. The largest absolute Gasteiger partial charge is 0.353 e. The lowest BCUT2D eigenvalue weighted by Crippen LogP contribution is -2.46. The van der Waals surface area contributed by atoms with Gasteiger partial charge in [0.25, 0.3) is 5.91 Å². The van der Waals surface area contributed by atoms with Gasteiger partial charge in [0.05, 0.1) is 0 Å². The Morgan fingerprint density at radius 1 is 1.14 bits per heavy atom. The maximum Gasteiger partial charge on any atom is 0.251 e.